The number of nitrogens with one attached hydrogen (secondary N) is 1. The van der Waals surface area contributed by atoms with Crippen molar-refractivity contribution < 1.29 is 19.1 Å². The molecule has 0 unspecified atom stereocenters. The number of carbonyl (C=O) groups excluding carboxylic acids is 2. The average molecular weight is 431 g/mol. The molecule has 0 spiro atoms. The number of amides is 1. The van der Waals surface area contributed by atoms with Crippen LogP contribution < -0.4 is 14.9 Å². The van der Waals surface area contributed by atoms with Crippen molar-refractivity contribution in [2.75, 3.05) is 6.61 Å². The molecule has 32 heavy (non-hydrogen) atoms. The van der Waals surface area contributed by atoms with Crippen molar-refractivity contribution in [3.63, 3.8) is 0 Å². The van der Waals surface area contributed by atoms with Crippen molar-refractivity contribution in [3.8, 4) is 11.5 Å². The molecule has 1 amide bonds. The molecule has 1 N–H and O–H groups in total. The molecule has 164 valence electrons. The largest absolute Gasteiger partial charge is 0.483 e. The van der Waals surface area contributed by atoms with Crippen molar-refractivity contribution in [2.45, 2.75) is 26.7 Å². The normalized spacial score (nSPS) is 10.9. The topological polar surface area (TPSA) is 77.0 Å². The molecule has 0 saturated heterocycles. The molecule has 6 heteroatoms. The fourth-order valence-corrected chi connectivity index (χ4v) is 2.96. The lowest BCUT2D eigenvalue weighted by atomic mass is 10.0. The van der Waals surface area contributed by atoms with Gasteiger partial charge in [0.25, 0.3) is 5.91 Å². The first kappa shape index (κ1) is 22.7. The molecular formula is C26H26N2O4. The molecule has 0 heterocycles. The number of rotatable bonds is 8. The summed E-state index contributed by atoms with van der Waals surface area (Å²) >= 11 is 0. The summed E-state index contributed by atoms with van der Waals surface area (Å²) in [6, 6.07) is 21.6. The summed E-state index contributed by atoms with van der Waals surface area (Å²) in [4.78, 5) is 24.2. The maximum atomic E-state index is 12.1. The van der Waals surface area contributed by atoms with Gasteiger partial charge in [-0.25, -0.2) is 10.2 Å². The zero-order chi connectivity index (χ0) is 22.9. The Kier molecular flexibility index (Phi) is 7.75. The van der Waals surface area contributed by atoms with Gasteiger partial charge in [0.1, 0.15) is 11.5 Å². The van der Waals surface area contributed by atoms with Crippen molar-refractivity contribution >= 4 is 18.1 Å². The monoisotopic (exact) mass is 430 g/mol. The van der Waals surface area contributed by atoms with Gasteiger partial charge in [0.2, 0.25) is 0 Å². The fraction of sp³-hybridized carbons (Fsp3) is 0.192. The molecule has 3 rings (SSSR count). The summed E-state index contributed by atoms with van der Waals surface area (Å²) in [6.45, 7) is 6.01. The summed E-state index contributed by atoms with van der Waals surface area (Å²) in [6.07, 6.45) is 1.51. The number of aryl methyl sites for hydroxylation is 1. The van der Waals surface area contributed by atoms with E-state index >= 15 is 0 Å². The van der Waals surface area contributed by atoms with Gasteiger partial charge >= 0.3 is 5.97 Å². The molecule has 3 aromatic rings. The van der Waals surface area contributed by atoms with E-state index in [-0.39, 0.29) is 12.5 Å². The van der Waals surface area contributed by atoms with Crippen LogP contribution in [0, 0.1) is 6.92 Å². The highest BCUT2D eigenvalue weighted by molar-refractivity contribution is 5.91. The second-order valence-corrected chi connectivity index (χ2v) is 7.60. The van der Waals surface area contributed by atoms with E-state index in [0.29, 0.717) is 23.0 Å². The minimum Gasteiger partial charge on any atom is -0.483 e. The highest BCUT2D eigenvalue weighted by atomic mass is 16.5. The Balaban J connectivity index is 1.49. The van der Waals surface area contributed by atoms with Crippen LogP contribution in [0.4, 0.5) is 0 Å². The van der Waals surface area contributed by atoms with Gasteiger partial charge in [0.15, 0.2) is 6.61 Å². The lowest BCUT2D eigenvalue weighted by Gasteiger charge is -2.14. The lowest BCUT2D eigenvalue weighted by Crippen LogP contribution is -2.25. The first-order chi connectivity index (χ1) is 15.4. The number of nitrogens with zero attached hydrogens (tertiary/aromatic N) is 1. The van der Waals surface area contributed by atoms with E-state index in [1.54, 1.807) is 48.5 Å². The summed E-state index contributed by atoms with van der Waals surface area (Å²) in [5, 5.41) is 3.95. The van der Waals surface area contributed by atoms with Gasteiger partial charge in [-0.15, -0.1) is 0 Å². The molecule has 0 aliphatic heterocycles. The zero-order valence-electron chi connectivity index (χ0n) is 18.4. The Hall–Kier alpha value is -3.93. The third kappa shape index (κ3) is 6.54. The van der Waals surface area contributed by atoms with Gasteiger partial charge < -0.3 is 9.47 Å². The molecular weight excluding hydrogens is 404 g/mol. The van der Waals surface area contributed by atoms with Crippen LogP contribution in [0.25, 0.3) is 0 Å². The van der Waals surface area contributed by atoms with Crippen molar-refractivity contribution in [1.29, 1.82) is 0 Å². The summed E-state index contributed by atoms with van der Waals surface area (Å²) in [7, 11) is 0. The van der Waals surface area contributed by atoms with Crippen LogP contribution in [0.5, 0.6) is 11.5 Å². The van der Waals surface area contributed by atoms with Gasteiger partial charge in [-0.2, -0.15) is 5.10 Å². The maximum Gasteiger partial charge on any atom is 0.343 e. The first-order valence-corrected chi connectivity index (χ1v) is 10.3. The Morgan fingerprint density at radius 2 is 1.72 bits per heavy atom. The maximum absolute atomic E-state index is 12.1. The molecule has 0 bridgehead atoms. The number of hydrazone groups is 1. The zero-order valence-corrected chi connectivity index (χ0v) is 18.4. The van der Waals surface area contributed by atoms with Crippen LogP contribution in [-0.2, 0) is 4.79 Å². The predicted molar refractivity (Wildman–Crippen MR) is 124 cm³/mol. The third-order valence-corrected chi connectivity index (χ3v) is 4.65. The SMILES string of the molecule is Cc1ccc(C(C)C)c(OCC(=O)NN=Cc2ccc(OC(=O)c3ccccc3)cc2)c1. The number of hydrogen-bond acceptors (Lipinski definition) is 5. The Morgan fingerprint density at radius 3 is 2.41 bits per heavy atom. The molecule has 0 aromatic heterocycles. The smallest absolute Gasteiger partial charge is 0.343 e. The summed E-state index contributed by atoms with van der Waals surface area (Å²) < 4.78 is 11.0. The third-order valence-electron chi connectivity index (χ3n) is 4.65. The van der Waals surface area contributed by atoms with Crippen molar-refractivity contribution in [1.82, 2.24) is 5.43 Å². The van der Waals surface area contributed by atoms with E-state index in [9.17, 15) is 9.59 Å². The van der Waals surface area contributed by atoms with Crippen molar-refractivity contribution in [2.24, 2.45) is 5.10 Å². The lowest BCUT2D eigenvalue weighted by molar-refractivity contribution is -0.123. The van der Waals surface area contributed by atoms with Crippen LogP contribution in [-0.4, -0.2) is 24.7 Å². The second kappa shape index (κ2) is 10.9. The Bertz CT molecular complexity index is 1090. The number of benzene rings is 3. The Morgan fingerprint density at radius 1 is 1.00 bits per heavy atom. The number of carbonyl (C=O) groups is 2. The molecule has 0 saturated carbocycles. The molecule has 0 atom stereocenters. The minimum atomic E-state index is -0.423. The molecule has 0 aliphatic rings. The van der Waals surface area contributed by atoms with E-state index in [4.69, 9.17) is 9.47 Å². The standard InChI is InChI=1S/C26H26N2O4/c1-18(2)23-14-9-19(3)15-24(23)31-17-25(29)28-27-16-20-10-12-22(13-11-20)32-26(30)21-7-5-4-6-8-21/h4-16,18H,17H2,1-3H3,(H,28,29). The summed E-state index contributed by atoms with van der Waals surface area (Å²) in [5.74, 6) is 0.647. The quantitative estimate of drug-likeness (QED) is 0.239. The van der Waals surface area contributed by atoms with Crippen LogP contribution in [0.2, 0.25) is 0 Å². The average Bonchev–Trinajstić information content (AvgIpc) is 2.79. The molecule has 0 aliphatic carbocycles. The highest BCUT2D eigenvalue weighted by Crippen LogP contribution is 2.27. The second-order valence-electron chi connectivity index (χ2n) is 7.60. The van der Waals surface area contributed by atoms with Gasteiger partial charge in [0, 0.05) is 0 Å². The highest BCUT2D eigenvalue weighted by Gasteiger charge is 2.10. The fourth-order valence-electron chi connectivity index (χ4n) is 2.96. The van der Waals surface area contributed by atoms with E-state index in [1.807, 2.05) is 31.2 Å². The van der Waals surface area contributed by atoms with Gasteiger partial charge in [-0.1, -0.05) is 44.2 Å². The Labute approximate surface area is 187 Å². The summed E-state index contributed by atoms with van der Waals surface area (Å²) in [5.41, 5.74) is 5.80. The molecule has 0 radical (unpaired) electrons. The minimum absolute atomic E-state index is 0.130. The van der Waals surface area contributed by atoms with Crippen LogP contribution in [0.15, 0.2) is 77.9 Å². The number of esters is 1. The van der Waals surface area contributed by atoms with Crippen LogP contribution >= 0.6 is 0 Å². The predicted octanol–water partition coefficient (Wildman–Crippen LogP) is 4.87. The van der Waals surface area contributed by atoms with Gasteiger partial charge in [0.05, 0.1) is 11.8 Å². The van der Waals surface area contributed by atoms with Crippen LogP contribution in [0.1, 0.15) is 46.8 Å². The van der Waals surface area contributed by atoms with Crippen molar-refractivity contribution in [3.05, 3.63) is 95.1 Å². The molecule has 0 fully saturated rings. The van der Waals surface area contributed by atoms with E-state index < -0.39 is 5.97 Å². The number of ether oxygens (including phenoxy) is 2. The van der Waals surface area contributed by atoms with Gasteiger partial charge in [-0.3, -0.25) is 4.79 Å². The number of hydrogen-bond donors (Lipinski definition) is 1. The first-order valence-electron chi connectivity index (χ1n) is 10.3. The molecule has 3 aromatic carbocycles. The van der Waals surface area contributed by atoms with E-state index in [2.05, 4.69) is 24.4 Å². The van der Waals surface area contributed by atoms with Gasteiger partial charge in [-0.05, 0) is 72.0 Å². The molecule has 6 nitrogen and oxygen atoms in total. The van der Waals surface area contributed by atoms with E-state index in [1.165, 1.54) is 6.21 Å². The van der Waals surface area contributed by atoms with E-state index in [0.717, 1.165) is 16.7 Å². The van der Waals surface area contributed by atoms with Crippen LogP contribution in [0.3, 0.4) is 0 Å².